The molecule has 0 radical (unpaired) electrons. The van der Waals surface area contributed by atoms with Gasteiger partial charge in [-0.2, -0.15) is 0 Å². The second-order valence-electron chi connectivity index (χ2n) is 6.17. The van der Waals surface area contributed by atoms with E-state index in [-0.39, 0.29) is 23.8 Å². The van der Waals surface area contributed by atoms with Crippen LogP contribution in [0.25, 0.3) is 0 Å². The van der Waals surface area contributed by atoms with E-state index < -0.39 is 0 Å². The molecule has 2 amide bonds. The lowest BCUT2D eigenvalue weighted by molar-refractivity contribution is -0.114. The van der Waals surface area contributed by atoms with Crippen LogP contribution >= 0.6 is 11.6 Å². The molecule has 0 bridgehead atoms. The number of para-hydroxylation sites is 1. The van der Waals surface area contributed by atoms with Gasteiger partial charge in [0, 0.05) is 24.1 Å². The Morgan fingerprint density at radius 2 is 1.88 bits per heavy atom. The first-order valence-electron chi connectivity index (χ1n) is 8.05. The first-order valence-corrected chi connectivity index (χ1v) is 8.42. The van der Waals surface area contributed by atoms with E-state index in [9.17, 15) is 9.59 Å². The highest BCUT2D eigenvalue weighted by Gasteiger charge is 2.31. The van der Waals surface area contributed by atoms with E-state index in [1.807, 2.05) is 19.1 Å². The highest BCUT2D eigenvalue weighted by molar-refractivity contribution is 6.34. The monoisotopic (exact) mass is 358 g/mol. The van der Waals surface area contributed by atoms with Crippen molar-refractivity contribution in [2.24, 2.45) is 0 Å². The van der Waals surface area contributed by atoms with Gasteiger partial charge in [-0.1, -0.05) is 30.7 Å². The number of amides is 2. The predicted octanol–water partition coefficient (Wildman–Crippen LogP) is 4.44. The third-order valence-electron chi connectivity index (χ3n) is 4.33. The minimum atomic E-state index is -0.263. The minimum absolute atomic E-state index is 0.0373. The molecular formula is C19H19ClN2O3. The number of hydrogen-bond donors (Lipinski definition) is 2. The van der Waals surface area contributed by atoms with E-state index in [1.54, 1.807) is 24.3 Å². The number of benzene rings is 2. The number of fused-ring (bicyclic) bond motifs is 1. The molecule has 3 rings (SSSR count). The largest absolute Gasteiger partial charge is 0.489 e. The topological polar surface area (TPSA) is 67.4 Å². The lowest BCUT2D eigenvalue weighted by Gasteiger charge is -2.11. The first kappa shape index (κ1) is 17.3. The summed E-state index contributed by atoms with van der Waals surface area (Å²) >= 11 is 6.14. The zero-order chi connectivity index (χ0) is 18.1. The van der Waals surface area contributed by atoms with Crippen molar-refractivity contribution in [1.29, 1.82) is 0 Å². The van der Waals surface area contributed by atoms with Gasteiger partial charge in [0.2, 0.25) is 5.91 Å². The van der Waals surface area contributed by atoms with Gasteiger partial charge in [0.1, 0.15) is 11.9 Å². The minimum Gasteiger partial charge on any atom is -0.489 e. The Labute approximate surface area is 151 Å². The molecule has 1 aliphatic rings. The number of rotatable bonds is 3. The van der Waals surface area contributed by atoms with Gasteiger partial charge >= 0.3 is 0 Å². The van der Waals surface area contributed by atoms with E-state index in [2.05, 4.69) is 17.6 Å². The lowest BCUT2D eigenvalue weighted by Crippen LogP contribution is -2.14. The second kappa shape index (κ2) is 6.76. The maximum Gasteiger partial charge on any atom is 0.259 e. The SMILES string of the molecule is CC(=O)Nc1ccc(NC(=O)c2cccc3c2OC(C)C3C)cc1Cl. The normalized spacial score (nSPS) is 18.2. The molecule has 0 spiro atoms. The molecule has 2 aromatic rings. The van der Waals surface area contributed by atoms with Gasteiger partial charge in [0.15, 0.2) is 0 Å². The van der Waals surface area contributed by atoms with Crippen LogP contribution in [0.5, 0.6) is 5.75 Å². The van der Waals surface area contributed by atoms with E-state index in [0.717, 1.165) is 5.56 Å². The zero-order valence-corrected chi connectivity index (χ0v) is 15.0. The third kappa shape index (κ3) is 3.46. The van der Waals surface area contributed by atoms with Crippen molar-refractivity contribution in [3.8, 4) is 5.75 Å². The molecule has 2 N–H and O–H groups in total. The molecule has 0 aliphatic carbocycles. The summed E-state index contributed by atoms with van der Waals surface area (Å²) < 4.78 is 5.86. The van der Waals surface area contributed by atoms with Gasteiger partial charge in [-0.25, -0.2) is 0 Å². The van der Waals surface area contributed by atoms with Crippen LogP contribution in [-0.2, 0) is 4.79 Å². The van der Waals surface area contributed by atoms with Gasteiger partial charge in [-0.15, -0.1) is 0 Å². The molecule has 1 heterocycles. The maximum absolute atomic E-state index is 12.7. The smallest absolute Gasteiger partial charge is 0.259 e. The number of ether oxygens (including phenoxy) is 1. The number of carbonyl (C=O) groups is 2. The summed E-state index contributed by atoms with van der Waals surface area (Å²) in [4.78, 5) is 23.8. The van der Waals surface area contributed by atoms with E-state index in [4.69, 9.17) is 16.3 Å². The van der Waals surface area contributed by atoms with Crippen LogP contribution in [0.4, 0.5) is 11.4 Å². The van der Waals surface area contributed by atoms with Crippen molar-refractivity contribution in [3.63, 3.8) is 0 Å². The third-order valence-corrected chi connectivity index (χ3v) is 4.64. The molecule has 5 nitrogen and oxygen atoms in total. The van der Waals surface area contributed by atoms with E-state index in [0.29, 0.717) is 27.7 Å². The fourth-order valence-electron chi connectivity index (χ4n) is 2.85. The number of carbonyl (C=O) groups excluding carboxylic acids is 2. The van der Waals surface area contributed by atoms with Crippen LogP contribution < -0.4 is 15.4 Å². The van der Waals surface area contributed by atoms with Crippen LogP contribution in [-0.4, -0.2) is 17.9 Å². The Morgan fingerprint density at radius 1 is 1.12 bits per heavy atom. The molecule has 2 atom stereocenters. The highest BCUT2D eigenvalue weighted by Crippen LogP contribution is 2.40. The quantitative estimate of drug-likeness (QED) is 0.852. The predicted molar refractivity (Wildman–Crippen MR) is 98.7 cm³/mol. The molecule has 0 fully saturated rings. The molecule has 2 aromatic carbocycles. The molecule has 25 heavy (non-hydrogen) atoms. The van der Waals surface area contributed by atoms with Crippen molar-refractivity contribution < 1.29 is 14.3 Å². The summed E-state index contributed by atoms with van der Waals surface area (Å²) in [6.45, 7) is 5.48. The Hall–Kier alpha value is -2.53. The van der Waals surface area contributed by atoms with Gasteiger partial charge < -0.3 is 15.4 Å². The number of anilines is 2. The van der Waals surface area contributed by atoms with Crippen LogP contribution in [0.3, 0.4) is 0 Å². The van der Waals surface area contributed by atoms with Crippen molar-refractivity contribution >= 4 is 34.8 Å². The maximum atomic E-state index is 12.7. The fourth-order valence-corrected chi connectivity index (χ4v) is 3.07. The number of nitrogens with one attached hydrogen (secondary N) is 2. The van der Waals surface area contributed by atoms with Crippen LogP contribution in [0.15, 0.2) is 36.4 Å². The summed E-state index contributed by atoms with van der Waals surface area (Å²) in [6, 6.07) is 10.5. The van der Waals surface area contributed by atoms with Crippen molar-refractivity contribution in [2.45, 2.75) is 32.8 Å². The van der Waals surface area contributed by atoms with Crippen LogP contribution in [0.1, 0.15) is 42.6 Å². The molecule has 0 saturated heterocycles. The van der Waals surface area contributed by atoms with Gasteiger partial charge in [-0.05, 0) is 31.2 Å². The van der Waals surface area contributed by atoms with Crippen LogP contribution in [0, 0.1) is 0 Å². The molecule has 1 aliphatic heterocycles. The molecule has 0 saturated carbocycles. The second-order valence-corrected chi connectivity index (χ2v) is 6.57. The van der Waals surface area contributed by atoms with Crippen molar-refractivity contribution in [3.05, 3.63) is 52.5 Å². The van der Waals surface area contributed by atoms with Crippen LogP contribution in [0.2, 0.25) is 5.02 Å². The standard InChI is InChI=1S/C19H19ClN2O3/c1-10-11(2)25-18-14(10)5-4-6-15(18)19(24)22-13-7-8-17(16(20)9-13)21-12(3)23/h4-11H,1-3H3,(H,21,23)(H,22,24). The summed E-state index contributed by atoms with van der Waals surface area (Å²) in [5, 5.41) is 5.80. The summed E-state index contributed by atoms with van der Waals surface area (Å²) in [5.74, 6) is 0.413. The summed E-state index contributed by atoms with van der Waals surface area (Å²) in [6.07, 6.45) is 0.0373. The van der Waals surface area contributed by atoms with Crippen molar-refractivity contribution in [2.75, 3.05) is 10.6 Å². The Kier molecular flexibility index (Phi) is 4.68. The Morgan fingerprint density at radius 3 is 2.56 bits per heavy atom. The fraction of sp³-hybridized carbons (Fsp3) is 0.263. The molecular weight excluding hydrogens is 340 g/mol. The number of halogens is 1. The molecule has 0 aromatic heterocycles. The summed E-state index contributed by atoms with van der Waals surface area (Å²) in [7, 11) is 0. The summed E-state index contributed by atoms with van der Waals surface area (Å²) in [5.41, 5.74) is 2.58. The Balaban J connectivity index is 1.82. The number of hydrogen-bond acceptors (Lipinski definition) is 3. The molecule has 130 valence electrons. The van der Waals surface area contributed by atoms with E-state index >= 15 is 0 Å². The average molecular weight is 359 g/mol. The Bertz CT molecular complexity index is 851. The van der Waals surface area contributed by atoms with Gasteiger partial charge in [0.25, 0.3) is 5.91 Å². The lowest BCUT2D eigenvalue weighted by atomic mass is 9.97. The zero-order valence-electron chi connectivity index (χ0n) is 14.2. The van der Waals surface area contributed by atoms with Gasteiger partial charge in [-0.3, -0.25) is 9.59 Å². The molecule has 6 heteroatoms. The van der Waals surface area contributed by atoms with E-state index in [1.165, 1.54) is 6.92 Å². The van der Waals surface area contributed by atoms with Crippen molar-refractivity contribution in [1.82, 2.24) is 0 Å². The highest BCUT2D eigenvalue weighted by atomic mass is 35.5. The molecule has 2 unspecified atom stereocenters. The van der Waals surface area contributed by atoms with Gasteiger partial charge in [0.05, 0.1) is 16.3 Å². The average Bonchev–Trinajstić information content (AvgIpc) is 2.84. The first-order chi connectivity index (χ1) is 11.9.